The third-order valence-corrected chi connectivity index (χ3v) is 9.30. The van der Waals surface area contributed by atoms with Crippen LogP contribution in [0.5, 0.6) is 0 Å². The molecule has 0 aliphatic heterocycles. The van der Waals surface area contributed by atoms with E-state index in [1.165, 1.54) is 31.1 Å². The Kier molecular flexibility index (Phi) is 8.37. The van der Waals surface area contributed by atoms with E-state index in [4.69, 9.17) is 15.7 Å². The molecule has 2 aromatic heterocycles. The van der Waals surface area contributed by atoms with Crippen molar-refractivity contribution in [3.05, 3.63) is 59.8 Å². The predicted molar refractivity (Wildman–Crippen MR) is 161 cm³/mol. The highest BCUT2D eigenvalue weighted by Gasteiger charge is 2.26. The second-order valence-corrected chi connectivity index (χ2v) is 12.6. The Morgan fingerprint density at radius 2 is 1.74 bits per heavy atom. The van der Waals surface area contributed by atoms with Crippen LogP contribution in [-0.4, -0.2) is 41.2 Å². The Balaban J connectivity index is 0.00000353. The second-order valence-electron chi connectivity index (χ2n) is 10.2. The van der Waals surface area contributed by atoms with Gasteiger partial charge in [0.25, 0.3) is 0 Å². The van der Waals surface area contributed by atoms with Crippen molar-refractivity contribution in [2.24, 2.45) is 7.05 Å². The number of hydrogen-bond acceptors (Lipinski definition) is 8. The first-order chi connectivity index (χ1) is 18.1. The molecule has 0 amide bonds. The summed E-state index contributed by atoms with van der Waals surface area (Å²) in [5.41, 5.74) is 12.1. The van der Waals surface area contributed by atoms with Crippen LogP contribution in [0.3, 0.4) is 0 Å². The fraction of sp³-hybridized carbons (Fsp3) is 0.393. The van der Waals surface area contributed by atoms with Gasteiger partial charge in [0.15, 0.2) is 9.84 Å². The van der Waals surface area contributed by atoms with Gasteiger partial charge in [0, 0.05) is 43.5 Å². The zero-order valence-corrected chi connectivity index (χ0v) is 24.4. The third kappa shape index (κ3) is 5.81. The number of anilines is 5. The van der Waals surface area contributed by atoms with Gasteiger partial charge >= 0.3 is 0 Å². The van der Waals surface area contributed by atoms with E-state index in [0.29, 0.717) is 17.8 Å². The zero-order chi connectivity index (χ0) is 27.0. The average Bonchev–Trinajstić information content (AvgIpc) is 3.21. The van der Waals surface area contributed by atoms with Gasteiger partial charge in [-0.25, -0.2) is 18.4 Å². The minimum atomic E-state index is -3.16. The van der Waals surface area contributed by atoms with E-state index in [2.05, 4.69) is 27.3 Å². The molecule has 4 aromatic rings. The smallest absolute Gasteiger partial charge is 0.229 e. The Morgan fingerprint density at radius 3 is 2.41 bits per heavy atom. The van der Waals surface area contributed by atoms with Gasteiger partial charge in [-0.05, 0) is 61.6 Å². The zero-order valence-electron chi connectivity index (χ0n) is 22.8. The highest BCUT2D eigenvalue weighted by Crippen LogP contribution is 2.43. The van der Waals surface area contributed by atoms with Crippen molar-refractivity contribution in [1.82, 2.24) is 19.5 Å². The monoisotopic (exact) mass is 569 g/mol. The van der Waals surface area contributed by atoms with Crippen LogP contribution >= 0.6 is 12.4 Å². The van der Waals surface area contributed by atoms with Crippen LogP contribution in [0.2, 0.25) is 0 Å². The lowest BCUT2D eigenvalue weighted by Gasteiger charge is -2.28. The van der Waals surface area contributed by atoms with Crippen molar-refractivity contribution in [1.29, 1.82) is 0 Å². The van der Waals surface area contributed by atoms with Crippen LogP contribution in [-0.2, 0) is 16.9 Å². The molecule has 2 aromatic carbocycles. The fourth-order valence-electron chi connectivity index (χ4n) is 5.31. The predicted octanol–water partition coefficient (Wildman–Crippen LogP) is 6.03. The highest BCUT2D eigenvalue weighted by atomic mass is 35.5. The van der Waals surface area contributed by atoms with Gasteiger partial charge < -0.3 is 20.5 Å². The minimum absolute atomic E-state index is 0. The van der Waals surface area contributed by atoms with Crippen molar-refractivity contribution in [2.75, 3.05) is 29.3 Å². The number of nitrogen functional groups attached to an aromatic ring is 1. The Morgan fingerprint density at radius 1 is 1.05 bits per heavy atom. The summed E-state index contributed by atoms with van der Waals surface area (Å²) in [5.74, 6) is 2.15. The second kappa shape index (κ2) is 11.4. The number of nitrogens with two attached hydrogens (primary N) is 1. The van der Waals surface area contributed by atoms with E-state index in [1.807, 2.05) is 49.0 Å². The third-order valence-electron chi connectivity index (χ3n) is 7.74. The maximum absolute atomic E-state index is 11.9. The standard InChI is InChI=1S/C28H35N7O2S.ClH/c1-18(38(4,36)37)19-10-12-21(13-11-19)31-28-30-17-16-24(32-28)34(2)22-14-15-23-26(33-27(29)35(23)3)25(22)20-8-6-5-7-9-20;/h10-18,20H,5-9H2,1-4H3,(H2,29,33)(H,30,31,32);1H. The Hall–Kier alpha value is -3.37. The number of sulfone groups is 1. The SMILES string of the molecule is CC(c1ccc(Nc2nccc(N(C)c3ccc4c(nc(N)n4C)c3C3CCCCC3)n2)cc1)S(C)(=O)=O.Cl. The molecule has 1 aliphatic rings. The summed E-state index contributed by atoms with van der Waals surface area (Å²) >= 11 is 0. The molecule has 208 valence electrons. The van der Waals surface area contributed by atoms with Gasteiger partial charge in [0.1, 0.15) is 5.82 Å². The lowest BCUT2D eigenvalue weighted by molar-refractivity contribution is 0.445. The van der Waals surface area contributed by atoms with Crippen LogP contribution in [0, 0.1) is 0 Å². The van der Waals surface area contributed by atoms with Gasteiger partial charge in [0.05, 0.1) is 16.3 Å². The van der Waals surface area contributed by atoms with E-state index in [-0.39, 0.29) is 12.4 Å². The number of halogens is 1. The molecule has 11 heteroatoms. The fourth-order valence-corrected chi connectivity index (χ4v) is 5.96. The average molecular weight is 570 g/mol. The molecule has 1 saturated carbocycles. The van der Waals surface area contributed by atoms with E-state index < -0.39 is 15.1 Å². The molecular weight excluding hydrogens is 534 g/mol. The molecule has 1 atom stereocenters. The van der Waals surface area contributed by atoms with Gasteiger partial charge in [-0.2, -0.15) is 4.98 Å². The summed E-state index contributed by atoms with van der Waals surface area (Å²) in [6.07, 6.45) is 8.98. The van der Waals surface area contributed by atoms with E-state index in [0.717, 1.165) is 46.6 Å². The number of imidazole rings is 1. The Bertz CT molecular complexity index is 1570. The number of nitrogens with zero attached hydrogens (tertiary/aromatic N) is 5. The molecule has 1 fully saturated rings. The van der Waals surface area contributed by atoms with Crippen molar-refractivity contribution >= 4 is 62.4 Å². The quantitative estimate of drug-likeness (QED) is 0.277. The molecule has 0 spiro atoms. The highest BCUT2D eigenvalue weighted by molar-refractivity contribution is 7.90. The van der Waals surface area contributed by atoms with Crippen LogP contribution < -0.4 is 16.0 Å². The number of nitrogens with one attached hydrogen (secondary N) is 1. The number of benzene rings is 2. The van der Waals surface area contributed by atoms with Crippen molar-refractivity contribution in [3.63, 3.8) is 0 Å². The van der Waals surface area contributed by atoms with Crippen molar-refractivity contribution < 1.29 is 8.42 Å². The number of aromatic nitrogens is 4. The maximum Gasteiger partial charge on any atom is 0.229 e. The number of aryl methyl sites for hydroxylation is 1. The topological polar surface area (TPSA) is 119 Å². The van der Waals surface area contributed by atoms with E-state index in [1.54, 1.807) is 13.1 Å². The molecule has 3 N–H and O–H groups in total. The molecule has 5 rings (SSSR count). The van der Waals surface area contributed by atoms with Crippen LogP contribution in [0.4, 0.5) is 29.1 Å². The molecule has 0 bridgehead atoms. The van der Waals surface area contributed by atoms with Crippen molar-refractivity contribution in [3.8, 4) is 0 Å². The van der Waals surface area contributed by atoms with Gasteiger partial charge in [-0.3, -0.25) is 0 Å². The summed E-state index contributed by atoms with van der Waals surface area (Å²) in [7, 11) is 0.816. The Labute approximate surface area is 236 Å². The molecular formula is C28H36ClN7O2S. The summed E-state index contributed by atoms with van der Waals surface area (Å²) in [6.45, 7) is 1.69. The first kappa shape index (κ1) is 28.6. The number of hydrogen-bond donors (Lipinski definition) is 2. The summed E-state index contributed by atoms with van der Waals surface area (Å²) in [6, 6.07) is 13.4. The van der Waals surface area contributed by atoms with Crippen LogP contribution in [0.1, 0.15) is 61.3 Å². The van der Waals surface area contributed by atoms with Crippen molar-refractivity contribution in [2.45, 2.75) is 50.2 Å². The molecule has 1 aliphatic carbocycles. The normalized spacial score (nSPS) is 15.1. The number of fused-ring (bicyclic) bond motifs is 1. The van der Waals surface area contributed by atoms with Gasteiger partial charge in [0.2, 0.25) is 11.9 Å². The van der Waals surface area contributed by atoms with Gasteiger partial charge in [-0.15, -0.1) is 12.4 Å². The lowest BCUT2D eigenvalue weighted by atomic mass is 9.82. The minimum Gasteiger partial charge on any atom is -0.369 e. The van der Waals surface area contributed by atoms with Crippen LogP contribution in [0.15, 0.2) is 48.7 Å². The molecule has 0 saturated heterocycles. The molecule has 1 unspecified atom stereocenters. The molecule has 9 nitrogen and oxygen atoms in total. The first-order valence-corrected chi connectivity index (χ1v) is 15.0. The summed E-state index contributed by atoms with van der Waals surface area (Å²) < 4.78 is 25.7. The summed E-state index contributed by atoms with van der Waals surface area (Å²) in [5, 5.41) is 2.68. The van der Waals surface area contributed by atoms with Gasteiger partial charge in [-0.1, -0.05) is 31.4 Å². The molecule has 39 heavy (non-hydrogen) atoms. The van der Waals surface area contributed by atoms with E-state index >= 15 is 0 Å². The molecule has 2 heterocycles. The lowest BCUT2D eigenvalue weighted by Crippen LogP contribution is -2.17. The summed E-state index contributed by atoms with van der Waals surface area (Å²) in [4.78, 5) is 16.1. The van der Waals surface area contributed by atoms with E-state index in [9.17, 15) is 8.42 Å². The van der Waals surface area contributed by atoms with Crippen LogP contribution in [0.25, 0.3) is 11.0 Å². The largest absolute Gasteiger partial charge is 0.369 e. The maximum atomic E-state index is 11.9. The molecule has 0 radical (unpaired) electrons. The number of rotatable bonds is 7. The first-order valence-electron chi connectivity index (χ1n) is 13.0.